The zero-order valence-corrected chi connectivity index (χ0v) is 14.0. The molecule has 0 saturated carbocycles. The maximum Gasteiger partial charge on any atom is 0.243 e. The van der Waals surface area contributed by atoms with Crippen LogP contribution in [0.2, 0.25) is 0 Å². The summed E-state index contributed by atoms with van der Waals surface area (Å²) in [7, 11) is -0.0671. The maximum atomic E-state index is 12.8. The van der Waals surface area contributed by atoms with Crippen LogP contribution in [0.3, 0.4) is 0 Å². The molecule has 0 bridgehead atoms. The van der Waals surface area contributed by atoms with E-state index in [9.17, 15) is 8.42 Å². The fraction of sp³-hybridized carbons (Fsp3) is 0.467. The van der Waals surface area contributed by atoms with E-state index in [1.807, 2.05) is 11.6 Å². The zero-order valence-electron chi connectivity index (χ0n) is 13.2. The number of ether oxygens (including phenoxy) is 1. The van der Waals surface area contributed by atoms with Gasteiger partial charge in [0.1, 0.15) is 17.9 Å². The Bertz CT molecular complexity index is 770. The lowest BCUT2D eigenvalue weighted by atomic mass is 9.99. The Hall–Kier alpha value is -1.93. The minimum absolute atomic E-state index is 0.0734. The van der Waals surface area contributed by atoms with Crippen LogP contribution in [-0.4, -0.2) is 47.7 Å². The summed E-state index contributed by atoms with van der Waals surface area (Å²) in [6.45, 7) is 0.962. The molecule has 1 fully saturated rings. The van der Waals surface area contributed by atoms with Gasteiger partial charge in [-0.05, 0) is 37.1 Å². The molecular formula is C15H20N4O3S. The second-order valence-electron chi connectivity index (χ2n) is 5.68. The van der Waals surface area contributed by atoms with E-state index in [0.29, 0.717) is 18.8 Å². The van der Waals surface area contributed by atoms with Gasteiger partial charge in [0.25, 0.3) is 0 Å². The third-order valence-electron chi connectivity index (χ3n) is 4.19. The molecular weight excluding hydrogens is 316 g/mol. The normalized spacial score (nSPS) is 19.7. The molecule has 7 nitrogen and oxygen atoms in total. The number of hydrogen-bond donors (Lipinski definition) is 0. The lowest BCUT2D eigenvalue weighted by molar-refractivity contribution is 0.306. The largest absolute Gasteiger partial charge is 0.497 e. The first-order valence-electron chi connectivity index (χ1n) is 7.50. The molecule has 124 valence electrons. The first-order valence-corrected chi connectivity index (χ1v) is 8.94. The van der Waals surface area contributed by atoms with Crippen molar-refractivity contribution < 1.29 is 13.2 Å². The first kappa shape index (κ1) is 15.9. The summed E-state index contributed by atoms with van der Waals surface area (Å²) in [4.78, 5) is 0.289. The highest BCUT2D eigenvalue weighted by Gasteiger charge is 2.32. The molecule has 1 aromatic heterocycles. The highest BCUT2D eigenvalue weighted by atomic mass is 32.2. The molecule has 0 radical (unpaired) electrons. The number of nitrogens with zero attached hydrogens (tertiary/aromatic N) is 4. The van der Waals surface area contributed by atoms with Crippen molar-refractivity contribution in [1.82, 2.24) is 19.1 Å². The fourth-order valence-electron chi connectivity index (χ4n) is 2.93. The number of piperidine rings is 1. The van der Waals surface area contributed by atoms with Gasteiger partial charge in [-0.15, -0.1) is 10.2 Å². The SMILES string of the molecule is COc1ccc(S(=O)(=O)N2CCC[C@H](c3nncn3C)C2)cc1. The predicted molar refractivity (Wildman–Crippen MR) is 84.7 cm³/mol. The van der Waals surface area contributed by atoms with Crippen molar-refractivity contribution >= 4 is 10.0 Å². The number of benzene rings is 1. The zero-order chi connectivity index (χ0) is 16.4. The third kappa shape index (κ3) is 3.09. The van der Waals surface area contributed by atoms with Crippen LogP contribution >= 0.6 is 0 Å². The van der Waals surface area contributed by atoms with Gasteiger partial charge in [-0.1, -0.05) is 0 Å². The average Bonchev–Trinajstić information content (AvgIpc) is 3.01. The smallest absolute Gasteiger partial charge is 0.243 e. The van der Waals surface area contributed by atoms with Gasteiger partial charge in [-0.25, -0.2) is 8.42 Å². The molecule has 1 saturated heterocycles. The summed E-state index contributed by atoms with van der Waals surface area (Å²) in [6.07, 6.45) is 3.38. The quantitative estimate of drug-likeness (QED) is 0.843. The molecule has 0 amide bonds. The van der Waals surface area contributed by atoms with E-state index in [1.54, 1.807) is 37.7 Å². The van der Waals surface area contributed by atoms with Crippen LogP contribution < -0.4 is 4.74 Å². The molecule has 0 N–H and O–H groups in total. The van der Waals surface area contributed by atoms with Crippen LogP contribution in [0, 0.1) is 0 Å². The Kier molecular flexibility index (Phi) is 4.36. The molecule has 1 aromatic carbocycles. The molecule has 2 heterocycles. The minimum atomic E-state index is -3.50. The molecule has 23 heavy (non-hydrogen) atoms. The molecule has 2 aromatic rings. The second kappa shape index (κ2) is 6.29. The van der Waals surface area contributed by atoms with E-state index in [2.05, 4.69) is 10.2 Å². The van der Waals surface area contributed by atoms with Gasteiger partial charge in [0.2, 0.25) is 10.0 Å². The standard InChI is InChI=1S/C15H20N4O3S/c1-18-11-16-17-15(18)12-4-3-9-19(10-12)23(20,21)14-7-5-13(22-2)6-8-14/h5-8,11-12H,3-4,9-10H2,1-2H3/t12-/m0/s1. The number of hydrogen-bond acceptors (Lipinski definition) is 5. The lowest BCUT2D eigenvalue weighted by Crippen LogP contribution is -2.39. The molecule has 3 rings (SSSR count). The van der Waals surface area contributed by atoms with Crippen LogP contribution in [0.1, 0.15) is 24.6 Å². The van der Waals surface area contributed by atoms with Crippen molar-refractivity contribution in [3.63, 3.8) is 0 Å². The molecule has 0 spiro atoms. The summed E-state index contributed by atoms with van der Waals surface area (Å²) in [6, 6.07) is 6.49. The number of sulfonamides is 1. The summed E-state index contributed by atoms with van der Waals surface area (Å²) in [5.41, 5.74) is 0. The third-order valence-corrected chi connectivity index (χ3v) is 6.07. The Morgan fingerprint density at radius 2 is 2.00 bits per heavy atom. The van der Waals surface area contributed by atoms with Crippen molar-refractivity contribution in [3.8, 4) is 5.75 Å². The molecule has 1 atom stereocenters. The van der Waals surface area contributed by atoms with Gasteiger partial charge >= 0.3 is 0 Å². The fourth-order valence-corrected chi connectivity index (χ4v) is 4.45. The Balaban J connectivity index is 1.83. The van der Waals surface area contributed by atoms with Crippen LogP contribution in [0.15, 0.2) is 35.5 Å². The van der Waals surface area contributed by atoms with Gasteiger partial charge in [-0.2, -0.15) is 4.31 Å². The monoisotopic (exact) mass is 336 g/mol. The Morgan fingerprint density at radius 3 is 2.61 bits per heavy atom. The number of aromatic nitrogens is 3. The van der Waals surface area contributed by atoms with Crippen molar-refractivity contribution in [2.75, 3.05) is 20.2 Å². The van der Waals surface area contributed by atoms with E-state index >= 15 is 0 Å². The second-order valence-corrected chi connectivity index (χ2v) is 7.62. The predicted octanol–water partition coefficient (Wildman–Crippen LogP) is 1.39. The summed E-state index contributed by atoms with van der Waals surface area (Å²) >= 11 is 0. The minimum Gasteiger partial charge on any atom is -0.497 e. The first-order chi connectivity index (χ1) is 11.0. The van der Waals surface area contributed by atoms with Crippen molar-refractivity contribution in [2.24, 2.45) is 7.05 Å². The van der Waals surface area contributed by atoms with Crippen LogP contribution in [-0.2, 0) is 17.1 Å². The average molecular weight is 336 g/mol. The van der Waals surface area contributed by atoms with Crippen molar-refractivity contribution in [3.05, 3.63) is 36.4 Å². The number of methoxy groups -OCH3 is 1. The van der Waals surface area contributed by atoms with Crippen LogP contribution in [0.25, 0.3) is 0 Å². The molecule has 0 unspecified atom stereocenters. The molecule has 0 aliphatic carbocycles. The molecule has 8 heteroatoms. The van der Waals surface area contributed by atoms with E-state index < -0.39 is 10.0 Å². The molecule has 1 aliphatic rings. The van der Waals surface area contributed by atoms with E-state index in [4.69, 9.17) is 4.74 Å². The number of rotatable bonds is 4. The van der Waals surface area contributed by atoms with Gasteiger partial charge in [0.15, 0.2) is 0 Å². The van der Waals surface area contributed by atoms with Gasteiger partial charge in [0.05, 0.1) is 12.0 Å². The van der Waals surface area contributed by atoms with Crippen LogP contribution in [0.5, 0.6) is 5.75 Å². The van der Waals surface area contributed by atoms with Gasteiger partial charge in [-0.3, -0.25) is 0 Å². The Labute approximate surface area is 135 Å². The molecule has 1 aliphatic heterocycles. The van der Waals surface area contributed by atoms with Gasteiger partial charge in [0, 0.05) is 26.1 Å². The Morgan fingerprint density at radius 1 is 1.26 bits per heavy atom. The van der Waals surface area contributed by atoms with Crippen molar-refractivity contribution in [2.45, 2.75) is 23.7 Å². The topological polar surface area (TPSA) is 77.3 Å². The van der Waals surface area contributed by atoms with Gasteiger partial charge < -0.3 is 9.30 Å². The summed E-state index contributed by atoms with van der Waals surface area (Å²) < 4.78 is 34.1. The van der Waals surface area contributed by atoms with Crippen molar-refractivity contribution in [1.29, 1.82) is 0 Å². The van der Waals surface area contributed by atoms with E-state index in [0.717, 1.165) is 18.7 Å². The highest BCUT2D eigenvalue weighted by molar-refractivity contribution is 7.89. The highest BCUT2D eigenvalue weighted by Crippen LogP contribution is 2.29. The van der Waals surface area contributed by atoms with E-state index in [-0.39, 0.29) is 10.8 Å². The summed E-state index contributed by atoms with van der Waals surface area (Å²) in [5.74, 6) is 1.54. The van der Waals surface area contributed by atoms with Crippen LogP contribution in [0.4, 0.5) is 0 Å². The maximum absolute atomic E-state index is 12.8. The lowest BCUT2D eigenvalue weighted by Gasteiger charge is -2.31. The summed E-state index contributed by atoms with van der Waals surface area (Å²) in [5, 5.41) is 8.02. The number of aryl methyl sites for hydroxylation is 1. The van der Waals surface area contributed by atoms with E-state index in [1.165, 1.54) is 4.31 Å².